The van der Waals surface area contributed by atoms with Crippen molar-refractivity contribution in [2.24, 2.45) is 0 Å². The maximum atomic E-state index is 12.9. The third-order valence-corrected chi connectivity index (χ3v) is 5.95. The highest BCUT2D eigenvalue weighted by atomic mass is 79.9. The number of aromatic nitrogens is 3. The van der Waals surface area contributed by atoms with Crippen LogP contribution in [0.15, 0.2) is 52.1 Å². The molecular weight excluding hydrogens is 533 g/mol. The molecule has 0 aliphatic rings. The molecule has 0 aliphatic carbocycles. The van der Waals surface area contributed by atoms with Crippen molar-refractivity contribution in [3.63, 3.8) is 0 Å². The summed E-state index contributed by atoms with van der Waals surface area (Å²) in [5.74, 6) is 0.305. The minimum atomic E-state index is -4.45. The van der Waals surface area contributed by atoms with Gasteiger partial charge in [-0.3, -0.25) is 4.79 Å². The Morgan fingerprint density at radius 2 is 2.03 bits per heavy atom. The van der Waals surface area contributed by atoms with Gasteiger partial charge in [0.25, 0.3) is 0 Å². The molecule has 0 saturated carbocycles. The summed E-state index contributed by atoms with van der Waals surface area (Å²) in [7, 11) is 0. The van der Waals surface area contributed by atoms with E-state index >= 15 is 0 Å². The molecule has 3 aromatic rings. The summed E-state index contributed by atoms with van der Waals surface area (Å²) in [5, 5.41) is 11.7. The maximum absolute atomic E-state index is 12.9. The summed E-state index contributed by atoms with van der Waals surface area (Å²) in [6.45, 7) is 2.29. The Morgan fingerprint density at radius 1 is 1.25 bits per heavy atom. The molecule has 170 valence electrons. The molecule has 0 atom stereocenters. The van der Waals surface area contributed by atoms with Crippen LogP contribution in [-0.2, 0) is 24.1 Å². The zero-order valence-corrected chi connectivity index (χ0v) is 19.8. The molecule has 0 saturated heterocycles. The zero-order chi connectivity index (χ0) is 23.3. The van der Waals surface area contributed by atoms with Crippen molar-refractivity contribution in [2.75, 3.05) is 11.1 Å². The standard InChI is InChI=1S/C20H17BrClF3N4O2S/c1-2-29-17(10-31-14-5-3-4-12(8-14)20(23,24)25)27-28-19(29)32-11-18(30)26-16-7-6-13(21)9-15(16)22/h3-9H,2,10-11H2,1H3,(H,26,30). The number of nitrogens with zero attached hydrogens (tertiary/aromatic N) is 3. The van der Waals surface area contributed by atoms with E-state index in [4.69, 9.17) is 16.3 Å². The number of ether oxygens (including phenoxy) is 1. The van der Waals surface area contributed by atoms with Gasteiger partial charge in [-0.15, -0.1) is 10.2 Å². The summed E-state index contributed by atoms with van der Waals surface area (Å²) in [6, 6.07) is 9.75. The Bertz CT molecular complexity index is 1110. The Hall–Kier alpha value is -2.24. The van der Waals surface area contributed by atoms with E-state index < -0.39 is 11.7 Å². The number of hydrogen-bond acceptors (Lipinski definition) is 5. The summed E-state index contributed by atoms with van der Waals surface area (Å²) < 4.78 is 46.6. The molecule has 0 unspecified atom stereocenters. The molecule has 1 N–H and O–H groups in total. The first-order valence-electron chi connectivity index (χ1n) is 9.27. The molecule has 0 bridgehead atoms. The van der Waals surface area contributed by atoms with Crippen LogP contribution in [0.25, 0.3) is 0 Å². The van der Waals surface area contributed by atoms with Gasteiger partial charge in [0.15, 0.2) is 11.0 Å². The SMILES string of the molecule is CCn1c(COc2cccc(C(F)(F)F)c2)nnc1SCC(=O)Nc1ccc(Br)cc1Cl. The second kappa shape index (κ2) is 10.6. The summed E-state index contributed by atoms with van der Waals surface area (Å²) in [5.41, 5.74) is -0.298. The summed E-state index contributed by atoms with van der Waals surface area (Å²) in [4.78, 5) is 12.3. The number of nitrogens with one attached hydrogen (secondary N) is 1. The van der Waals surface area contributed by atoms with E-state index in [0.29, 0.717) is 28.2 Å². The zero-order valence-electron chi connectivity index (χ0n) is 16.6. The molecule has 0 fully saturated rings. The average Bonchev–Trinajstić information content (AvgIpc) is 3.14. The van der Waals surface area contributed by atoms with Gasteiger partial charge in [0.1, 0.15) is 12.4 Å². The van der Waals surface area contributed by atoms with Crippen LogP contribution in [0, 0.1) is 0 Å². The van der Waals surface area contributed by atoms with Gasteiger partial charge in [-0.25, -0.2) is 0 Å². The van der Waals surface area contributed by atoms with Crippen LogP contribution in [0.3, 0.4) is 0 Å². The lowest BCUT2D eigenvalue weighted by atomic mass is 10.2. The van der Waals surface area contributed by atoms with Gasteiger partial charge >= 0.3 is 6.18 Å². The monoisotopic (exact) mass is 548 g/mol. The molecule has 12 heteroatoms. The highest BCUT2D eigenvalue weighted by Gasteiger charge is 2.30. The Kier molecular flexibility index (Phi) is 8.07. The lowest BCUT2D eigenvalue weighted by molar-refractivity contribution is -0.137. The smallest absolute Gasteiger partial charge is 0.416 e. The van der Waals surface area contributed by atoms with Crippen molar-refractivity contribution >= 4 is 50.9 Å². The van der Waals surface area contributed by atoms with E-state index in [0.717, 1.165) is 16.6 Å². The topological polar surface area (TPSA) is 69.0 Å². The predicted octanol–water partition coefficient (Wildman–Crippen LogP) is 6.04. The van der Waals surface area contributed by atoms with Crippen LogP contribution in [0.5, 0.6) is 5.75 Å². The van der Waals surface area contributed by atoms with E-state index in [1.165, 1.54) is 23.9 Å². The number of anilines is 1. The molecule has 32 heavy (non-hydrogen) atoms. The molecular formula is C20H17BrClF3N4O2S. The van der Waals surface area contributed by atoms with Crippen molar-refractivity contribution in [1.82, 2.24) is 14.8 Å². The van der Waals surface area contributed by atoms with E-state index in [9.17, 15) is 18.0 Å². The number of thioether (sulfide) groups is 1. The van der Waals surface area contributed by atoms with Gasteiger partial charge in [-0.2, -0.15) is 13.2 Å². The number of carbonyl (C=O) groups excluding carboxylic acids is 1. The third kappa shape index (κ3) is 6.39. The van der Waals surface area contributed by atoms with Crippen LogP contribution < -0.4 is 10.1 Å². The number of rotatable bonds is 8. The molecule has 1 amide bonds. The Balaban J connectivity index is 1.60. The van der Waals surface area contributed by atoms with Gasteiger partial charge in [0.05, 0.1) is 22.0 Å². The average molecular weight is 550 g/mol. The largest absolute Gasteiger partial charge is 0.486 e. The molecule has 0 spiro atoms. The van der Waals surface area contributed by atoms with E-state index in [2.05, 4.69) is 31.4 Å². The van der Waals surface area contributed by atoms with Crippen LogP contribution in [0.1, 0.15) is 18.3 Å². The van der Waals surface area contributed by atoms with Gasteiger partial charge in [-0.1, -0.05) is 45.4 Å². The van der Waals surface area contributed by atoms with Crippen molar-refractivity contribution in [2.45, 2.75) is 31.4 Å². The molecule has 2 aromatic carbocycles. The number of halogens is 5. The van der Waals surface area contributed by atoms with Crippen LogP contribution in [0.2, 0.25) is 5.02 Å². The van der Waals surface area contributed by atoms with Crippen molar-refractivity contribution in [1.29, 1.82) is 0 Å². The second-order valence-electron chi connectivity index (χ2n) is 6.42. The Morgan fingerprint density at radius 3 is 2.72 bits per heavy atom. The molecule has 1 heterocycles. The van der Waals surface area contributed by atoms with Crippen LogP contribution >= 0.6 is 39.3 Å². The van der Waals surface area contributed by atoms with E-state index in [1.807, 2.05) is 6.92 Å². The summed E-state index contributed by atoms with van der Waals surface area (Å²) in [6.07, 6.45) is -4.45. The minimum Gasteiger partial charge on any atom is -0.486 e. The molecule has 1 aromatic heterocycles. The number of amides is 1. The first-order valence-corrected chi connectivity index (χ1v) is 11.4. The molecule has 0 radical (unpaired) electrons. The van der Waals surface area contributed by atoms with Crippen molar-refractivity contribution in [3.8, 4) is 5.75 Å². The fraction of sp³-hybridized carbons (Fsp3) is 0.250. The summed E-state index contributed by atoms with van der Waals surface area (Å²) >= 11 is 10.6. The lowest BCUT2D eigenvalue weighted by Crippen LogP contribution is -2.15. The fourth-order valence-electron chi connectivity index (χ4n) is 2.67. The fourth-order valence-corrected chi connectivity index (χ4v) is 4.21. The quantitative estimate of drug-likeness (QED) is 0.347. The lowest BCUT2D eigenvalue weighted by Gasteiger charge is -2.11. The van der Waals surface area contributed by atoms with Crippen LogP contribution in [0.4, 0.5) is 18.9 Å². The highest BCUT2D eigenvalue weighted by Crippen LogP contribution is 2.31. The molecule has 3 rings (SSSR count). The highest BCUT2D eigenvalue weighted by molar-refractivity contribution is 9.10. The predicted molar refractivity (Wildman–Crippen MR) is 120 cm³/mol. The van der Waals surface area contributed by atoms with Gasteiger partial charge in [0, 0.05) is 11.0 Å². The number of carbonyl (C=O) groups is 1. The third-order valence-electron chi connectivity index (χ3n) is 4.18. The van der Waals surface area contributed by atoms with Gasteiger partial charge < -0.3 is 14.6 Å². The van der Waals surface area contributed by atoms with Crippen molar-refractivity contribution in [3.05, 3.63) is 63.3 Å². The Labute approximate surface area is 199 Å². The number of hydrogen-bond donors (Lipinski definition) is 1. The van der Waals surface area contributed by atoms with Gasteiger partial charge in [-0.05, 0) is 43.3 Å². The van der Waals surface area contributed by atoms with Crippen molar-refractivity contribution < 1.29 is 22.7 Å². The van der Waals surface area contributed by atoms with E-state index in [1.54, 1.807) is 22.8 Å². The second-order valence-corrected chi connectivity index (χ2v) is 8.68. The maximum Gasteiger partial charge on any atom is 0.416 e. The minimum absolute atomic E-state index is 0.0661. The molecule has 0 aliphatic heterocycles. The first kappa shape index (κ1) is 24.4. The molecule has 6 nitrogen and oxygen atoms in total. The normalized spacial score (nSPS) is 11.4. The van der Waals surface area contributed by atoms with Crippen LogP contribution in [-0.4, -0.2) is 26.4 Å². The van der Waals surface area contributed by atoms with Gasteiger partial charge in [0.2, 0.25) is 5.91 Å². The number of benzene rings is 2. The van der Waals surface area contributed by atoms with E-state index in [-0.39, 0.29) is 24.0 Å². The number of alkyl halides is 3. The first-order chi connectivity index (χ1) is 15.2.